The molecule has 0 unspecified atom stereocenters. The van der Waals surface area contributed by atoms with Gasteiger partial charge in [-0.05, 0) is 56.1 Å². The summed E-state index contributed by atoms with van der Waals surface area (Å²) in [6.07, 6.45) is 9.80. The van der Waals surface area contributed by atoms with Crippen molar-refractivity contribution >= 4 is 17.4 Å². The van der Waals surface area contributed by atoms with Gasteiger partial charge >= 0.3 is 0 Å². The van der Waals surface area contributed by atoms with Gasteiger partial charge in [-0.25, -0.2) is 0 Å². The number of nitrogens with zero attached hydrogens (tertiary/aromatic N) is 3. The molecule has 1 saturated carbocycles. The lowest BCUT2D eigenvalue weighted by atomic mass is 9.68. The van der Waals surface area contributed by atoms with Gasteiger partial charge in [0.1, 0.15) is 0 Å². The van der Waals surface area contributed by atoms with E-state index in [-0.39, 0.29) is 0 Å². The van der Waals surface area contributed by atoms with E-state index in [0.717, 1.165) is 24.5 Å². The minimum atomic E-state index is 0.534. The zero-order valence-electron chi connectivity index (χ0n) is 12.6. The Morgan fingerprint density at radius 2 is 1.55 bits per heavy atom. The van der Waals surface area contributed by atoms with Crippen molar-refractivity contribution in [3.05, 3.63) is 16.3 Å². The fourth-order valence-corrected chi connectivity index (χ4v) is 4.04. The molecule has 0 atom stereocenters. The standard InChI is InChI=1S/C16H24ClN3/c1-12-13(2)15(19-18-14(12)17)20-10-8-16(9-11-20)6-4-3-5-7-16/h3-11H2,1-2H3. The van der Waals surface area contributed by atoms with Crippen molar-refractivity contribution in [2.75, 3.05) is 18.0 Å². The van der Waals surface area contributed by atoms with Crippen LogP contribution in [0.25, 0.3) is 0 Å². The molecule has 1 aliphatic heterocycles. The van der Waals surface area contributed by atoms with Crippen molar-refractivity contribution in [1.82, 2.24) is 10.2 Å². The fourth-order valence-electron chi connectivity index (χ4n) is 3.86. The predicted molar refractivity (Wildman–Crippen MR) is 83.5 cm³/mol. The Balaban J connectivity index is 1.73. The van der Waals surface area contributed by atoms with Gasteiger partial charge < -0.3 is 4.90 Å². The van der Waals surface area contributed by atoms with Gasteiger partial charge in [-0.3, -0.25) is 0 Å². The lowest BCUT2D eigenvalue weighted by molar-refractivity contribution is 0.144. The molecule has 0 bridgehead atoms. The molecule has 0 radical (unpaired) electrons. The van der Waals surface area contributed by atoms with E-state index in [2.05, 4.69) is 22.0 Å². The van der Waals surface area contributed by atoms with E-state index in [9.17, 15) is 0 Å². The van der Waals surface area contributed by atoms with Crippen LogP contribution in [0.3, 0.4) is 0 Å². The van der Waals surface area contributed by atoms with Crippen molar-refractivity contribution in [3.63, 3.8) is 0 Å². The second-order valence-electron chi connectivity index (χ2n) is 6.61. The van der Waals surface area contributed by atoms with E-state index in [1.807, 2.05) is 6.92 Å². The quantitative estimate of drug-likeness (QED) is 0.773. The molecule has 1 aliphatic carbocycles. The van der Waals surface area contributed by atoms with Gasteiger partial charge in [0.05, 0.1) is 0 Å². The predicted octanol–water partition coefficient (Wildman–Crippen LogP) is 4.30. The van der Waals surface area contributed by atoms with Crippen LogP contribution in [-0.2, 0) is 0 Å². The second-order valence-corrected chi connectivity index (χ2v) is 6.97. The first-order chi connectivity index (χ1) is 9.61. The molecule has 1 aromatic heterocycles. The summed E-state index contributed by atoms with van der Waals surface area (Å²) in [5.41, 5.74) is 2.89. The van der Waals surface area contributed by atoms with Crippen LogP contribution >= 0.6 is 11.6 Å². The molecule has 3 rings (SSSR count). The van der Waals surface area contributed by atoms with Gasteiger partial charge in [0.15, 0.2) is 11.0 Å². The topological polar surface area (TPSA) is 29.0 Å². The minimum Gasteiger partial charge on any atom is -0.355 e. The Morgan fingerprint density at radius 1 is 0.900 bits per heavy atom. The molecule has 3 nitrogen and oxygen atoms in total. The smallest absolute Gasteiger partial charge is 0.155 e. The number of hydrogen-bond acceptors (Lipinski definition) is 3. The monoisotopic (exact) mass is 293 g/mol. The summed E-state index contributed by atoms with van der Waals surface area (Å²) >= 11 is 6.05. The molecular weight excluding hydrogens is 270 g/mol. The Bertz CT molecular complexity index is 485. The molecule has 2 heterocycles. The van der Waals surface area contributed by atoms with Crippen molar-refractivity contribution in [2.24, 2.45) is 5.41 Å². The number of hydrogen-bond donors (Lipinski definition) is 0. The Kier molecular flexibility index (Phi) is 3.89. The third-order valence-corrected chi connectivity index (χ3v) is 5.84. The van der Waals surface area contributed by atoms with Crippen molar-refractivity contribution in [1.29, 1.82) is 0 Å². The number of aromatic nitrogens is 2. The van der Waals surface area contributed by atoms with E-state index >= 15 is 0 Å². The normalized spacial score (nSPS) is 22.2. The van der Waals surface area contributed by atoms with Crippen LogP contribution in [0.15, 0.2) is 0 Å². The maximum Gasteiger partial charge on any atom is 0.155 e. The molecule has 4 heteroatoms. The first-order valence-electron chi connectivity index (χ1n) is 7.86. The summed E-state index contributed by atoms with van der Waals surface area (Å²) in [7, 11) is 0. The summed E-state index contributed by atoms with van der Waals surface area (Å²) in [6, 6.07) is 0. The number of anilines is 1. The third kappa shape index (κ3) is 2.52. The molecule has 0 N–H and O–H groups in total. The van der Waals surface area contributed by atoms with Gasteiger partial charge in [-0.15, -0.1) is 10.2 Å². The first-order valence-corrected chi connectivity index (χ1v) is 8.23. The fraction of sp³-hybridized carbons (Fsp3) is 0.750. The molecule has 0 amide bonds. The maximum absolute atomic E-state index is 6.05. The summed E-state index contributed by atoms with van der Waals surface area (Å²) in [4.78, 5) is 2.41. The van der Waals surface area contributed by atoms with Crippen LogP contribution in [0.5, 0.6) is 0 Å². The molecule has 1 spiro atoms. The van der Waals surface area contributed by atoms with Crippen LogP contribution in [0.1, 0.15) is 56.1 Å². The average Bonchev–Trinajstić information content (AvgIpc) is 2.47. The van der Waals surface area contributed by atoms with Crippen molar-refractivity contribution < 1.29 is 0 Å². The van der Waals surface area contributed by atoms with Crippen LogP contribution in [-0.4, -0.2) is 23.3 Å². The van der Waals surface area contributed by atoms with E-state index < -0.39 is 0 Å². The number of halogens is 1. The molecule has 2 aliphatic rings. The lowest BCUT2D eigenvalue weighted by Gasteiger charge is -2.44. The van der Waals surface area contributed by atoms with Crippen LogP contribution in [0.2, 0.25) is 5.15 Å². The van der Waals surface area contributed by atoms with Crippen LogP contribution in [0.4, 0.5) is 5.82 Å². The molecule has 110 valence electrons. The third-order valence-electron chi connectivity index (χ3n) is 5.48. The van der Waals surface area contributed by atoms with E-state index in [1.54, 1.807) is 0 Å². The number of piperidine rings is 1. The maximum atomic E-state index is 6.05. The summed E-state index contributed by atoms with van der Waals surface area (Å²) in [6.45, 7) is 6.38. The lowest BCUT2D eigenvalue weighted by Crippen LogP contribution is -2.41. The minimum absolute atomic E-state index is 0.534. The SMILES string of the molecule is Cc1c(Cl)nnc(N2CCC3(CCCCC3)CC2)c1C. The molecule has 20 heavy (non-hydrogen) atoms. The Labute approximate surface area is 126 Å². The van der Waals surface area contributed by atoms with E-state index in [1.165, 1.54) is 50.5 Å². The van der Waals surface area contributed by atoms with Gasteiger partial charge in [-0.2, -0.15) is 0 Å². The zero-order chi connectivity index (χ0) is 14.2. The highest BCUT2D eigenvalue weighted by atomic mass is 35.5. The van der Waals surface area contributed by atoms with Crippen LogP contribution < -0.4 is 4.90 Å². The molecule has 1 aromatic rings. The summed E-state index contributed by atoms with van der Waals surface area (Å²) in [5.74, 6) is 1.04. The first kappa shape index (κ1) is 14.1. The highest BCUT2D eigenvalue weighted by molar-refractivity contribution is 6.30. The van der Waals surface area contributed by atoms with Crippen molar-refractivity contribution in [2.45, 2.75) is 58.8 Å². The van der Waals surface area contributed by atoms with E-state index in [0.29, 0.717) is 10.6 Å². The highest BCUT2D eigenvalue weighted by Gasteiger charge is 2.36. The van der Waals surface area contributed by atoms with Gasteiger partial charge in [0.25, 0.3) is 0 Å². The van der Waals surface area contributed by atoms with Gasteiger partial charge in [-0.1, -0.05) is 30.9 Å². The highest BCUT2D eigenvalue weighted by Crippen LogP contribution is 2.45. The van der Waals surface area contributed by atoms with E-state index in [4.69, 9.17) is 11.6 Å². The largest absolute Gasteiger partial charge is 0.355 e. The molecule has 0 aromatic carbocycles. The Hall–Kier alpha value is -0.830. The Morgan fingerprint density at radius 3 is 2.20 bits per heavy atom. The molecule has 2 fully saturated rings. The van der Waals surface area contributed by atoms with Gasteiger partial charge in [0.2, 0.25) is 0 Å². The van der Waals surface area contributed by atoms with Gasteiger partial charge in [0, 0.05) is 13.1 Å². The molecule has 1 saturated heterocycles. The van der Waals surface area contributed by atoms with Crippen molar-refractivity contribution in [3.8, 4) is 0 Å². The molecular formula is C16H24ClN3. The average molecular weight is 294 g/mol. The zero-order valence-corrected chi connectivity index (χ0v) is 13.3. The summed E-state index contributed by atoms with van der Waals surface area (Å²) in [5, 5.41) is 8.97. The second kappa shape index (κ2) is 5.51. The summed E-state index contributed by atoms with van der Waals surface area (Å²) < 4.78 is 0. The van der Waals surface area contributed by atoms with Crippen LogP contribution in [0, 0.1) is 19.3 Å². The number of rotatable bonds is 1.